The van der Waals surface area contributed by atoms with Gasteiger partial charge in [0, 0.05) is 6.07 Å². The molecular weight excluding hydrogens is 496 g/mol. The van der Waals surface area contributed by atoms with Crippen LogP contribution in [-0.2, 0) is 9.57 Å². The fourth-order valence-electron chi connectivity index (χ4n) is 9.90. The fourth-order valence-corrected chi connectivity index (χ4v) is 9.90. The molecule has 6 rings (SSSR count). The summed E-state index contributed by atoms with van der Waals surface area (Å²) < 4.78 is 11.2. The molecule has 4 aliphatic carbocycles. The second-order valence-electron chi connectivity index (χ2n) is 13.7. The molecule has 3 saturated carbocycles. The Morgan fingerprint density at radius 1 is 1.00 bits per heavy atom. The highest BCUT2D eigenvalue weighted by Gasteiger charge is 2.65. The molecule has 3 unspecified atom stereocenters. The Balaban J connectivity index is 1.24. The molecule has 39 heavy (non-hydrogen) atoms. The maximum atomic E-state index is 11.6. The van der Waals surface area contributed by atoms with Crippen molar-refractivity contribution in [1.82, 2.24) is 5.06 Å². The Hall–Kier alpha value is -1.55. The quantitative estimate of drug-likeness (QED) is 0.389. The van der Waals surface area contributed by atoms with Crippen LogP contribution < -0.4 is 11.4 Å². The second kappa shape index (κ2) is 9.78. The largest absolute Gasteiger partial charge is 0.431 e. The standard InChI is InChI=1S/C31H46N2O6/c1-29-12-9-20(33(37-4)28-27(36)26(35)24(32)17-39-28)15-19(29)6-7-23-22(29)11-14-30(2)21(10-13-31(23,30)3)18-5-8-25(34)38-16-18/h5,8,15-16,20-24,26-28,35-36H,6-7,9-14,17,32H2,1-4H3/t20-,21+,22?,23?,24-,26-,27-,28?,29-,30+,31+/m0/s1. The molecule has 216 valence electrons. The number of fused-ring (bicyclic) bond motifs is 5. The zero-order valence-corrected chi connectivity index (χ0v) is 23.8. The molecule has 0 bridgehead atoms. The van der Waals surface area contributed by atoms with Gasteiger partial charge >= 0.3 is 5.63 Å². The average Bonchev–Trinajstić information content (AvgIpc) is 3.20. The van der Waals surface area contributed by atoms with E-state index in [4.69, 9.17) is 19.7 Å². The van der Waals surface area contributed by atoms with Crippen LogP contribution in [0.2, 0.25) is 0 Å². The Morgan fingerprint density at radius 3 is 2.49 bits per heavy atom. The van der Waals surface area contributed by atoms with Crippen molar-refractivity contribution in [3.8, 4) is 0 Å². The summed E-state index contributed by atoms with van der Waals surface area (Å²) in [4.78, 5) is 17.4. The van der Waals surface area contributed by atoms with E-state index in [2.05, 4.69) is 26.8 Å². The Bertz CT molecular complexity index is 1150. The van der Waals surface area contributed by atoms with E-state index in [1.54, 1.807) is 24.5 Å². The van der Waals surface area contributed by atoms with E-state index in [1.165, 1.54) is 36.8 Å². The smallest absolute Gasteiger partial charge is 0.335 e. The van der Waals surface area contributed by atoms with Crippen molar-refractivity contribution in [3.05, 3.63) is 46.0 Å². The number of aliphatic hydroxyl groups is 2. The molecule has 5 aliphatic rings. The molecule has 0 aromatic carbocycles. The van der Waals surface area contributed by atoms with Crippen LogP contribution >= 0.6 is 0 Å². The molecule has 8 nitrogen and oxygen atoms in total. The molecule has 11 atom stereocenters. The summed E-state index contributed by atoms with van der Waals surface area (Å²) in [5, 5.41) is 22.8. The van der Waals surface area contributed by atoms with Gasteiger partial charge in [0.1, 0.15) is 12.2 Å². The SMILES string of the molecule is CON(C1OC[C@H](N)[C@H](O)[C@@H]1O)[C@@H]1C=C2CCC3C(CC[C@]4(C)[C@@H](c5ccc(=O)oc5)CC[C@]34C)[C@@]2(C)CC1. The molecule has 0 amide bonds. The zero-order valence-electron chi connectivity index (χ0n) is 23.8. The highest BCUT2D eigenvalue weighted by Crippen LogP contribution is 2.73. The molecule has 4 fully saturated rings. The molecule has 1 aromatic heterocycles. The zero-order chi connectivity index (χ0) is 27.7. The van der Waals surface area contributed by atoms with E-state index < -0.39 is 24.5 Å². The van der Waals surface area contributed by atoms with E-state index in [0.29, 0.717) is 17.8 Å². The molecule has 0 spiro atoms. The second-order valence-corrected chi connectivity index (χ2v) is 13.7. The predicted octanol–water partition coefficient (Wildman–Crippen LogP) is 3.71. The van der Waals surface area contributed by atoms with Crippen LogP contribution in [0, 0.1) is 28.1 Å². The van der Waals surface area contributed by atoms with Gasteiger partial charge in [-0.1, -0.05) is 32.4 Å². The lowest BCUT2D eigenvalue weighted by molar-refractivity contribution is -0.304. The van der Waals surface area contributed by atoms with Gasteiger partial charge in [-0.2, -0.15) is 5.06 Å². The molecule has 1 aromatic rings. The first-order valence-electron chi connectivity index (χ1n) is 14.9. The van der Waals surface area contributed by atoms with Crippen molar-refractivity contribution in [1.29, 1.82) is 0 Å². The number of hydroxylamine groups is 2. The van der Waals surface area contributed by atoms with Crippen LogP contribution in [0.1, 0.15) is 83.6 Å². The van der Waals surface area contributed by atoms with Crippen molar-refractivity contribution < 1.29 is 24.2 Å². The van der Waals surface area contributed by atoms with Gasteiger partial charge in [-0.3, -0.25) is 4.84 Å². The lowest BCUT2D eigenvalue weighted by Crippen LogP contribution is -2.63. The van der Waals surface area contributed by atoms with Crippen molar-refractivity contribution >= 4 is 0 Å². The summed E-state index contributed by atoms with van der Waals surface area (Å²) in [6.07, 6.45) is 10.2. The summed E-state index contributed by atoms with van der Waals surface area (Å²) in [6, 6.07) is 2.94. The van der Waals surface area contributed by atoms with Gasteiger partial charge in [0.05, 0.1) is 32.1 Å². The van der Waals surface area contributed by atoms with Gasteiger partial charge in [-0.05, 0) is 97.0 Å². The number of hydrogen-bond donors (Lipinski definition) is 3. The number of allylic oxidation sites excluding steroid dienone is 1. The summed E-state index contributed by atoms with van der Waals surface area (Å²) in [7, 11) is 1.61. The molecule has 4 N–H and O–H groups in total. The van der Waals surface area contributed by atoms with E-state index in [9.17, 15) is 15.0 Å². The highest BCUT2D eigenvalue weighted by atomic mass is 16.7. The van der Waals surface area contributed by atoms with Crippen LogP contribution in [0.5, 0.6) is 0 Å². The summed E-state index contributed by atoms with van der Waals surface area (Å²) in [5.41, 5.74) is 8.89. The topological polar surface area (TPSA) is 118 Å². The van der Waals surface area contributed by atoms with Gasteiger partial charge in [0.15, 0.2) is 6.23 Å². The third-order valence-electron chi connectivity index (χ3n) is 12.4. The van der Waals surface area contributed by atoms with Crippen LogP contribution in [0.4, 0.5) is 0 Å². The maximum absolute atomic E-state index is 11.6. The first-order valence-corrected chi connectivity index (χ1v) is 14.9. The van der Waals surface area contributed by atoms with Crippen LogP contribution in [0.3, 0.4) is 0 Å². The average molecular weight is 543 g/mol. The van der Waals surface area contributed by atoms with Crippen molar-refractivity contribution in [2.45, 2.75) is 109 Å². The summed E-state index contributed by atoms with van der Waals surface area (Å²) in [5.74, 6) is 1.72. The fraction of sp³-hybridized carbons (Fsp3) is 0.774. The number of nitrogens with two attached hydrogens (primary N) is 1. The lowest BCUT2D eigenvalue weighted by atomic mass is 9.42. The van der Waals surface area contributed by atoms with Crippen LogP contribution in [0.15, 0.2) is 39.3 Å². The van der Waals surface area contributed by atoms with Gasteiger partial charge in [0.2, 0.25) is 0 Å². The summed E-state index contributed by atoms with van der Waals surface area (Å²) in [6.45, 7) is 7.73. The molecular formula is C31H46N2O6. The van der Waals surface area contributed by atoms with Crippen LogP contribution in [0.25, 0.3) is 0 Å². The van der Waals surface area contributed by atoms with Gasteiger partial charge in [-0.25, -0.2) is 4.79 Å². The third kappa shape index (κ3) is 4.04. The van der Waals surface area contributed by atoms with Gasteiger partial charge < -0.3 is 25.1 Å². The molecule has 1 saturated heterocycles. The Labute approximate surface area is 231 Å². The van der Waals surface area contributed by atoms with E-state index >= 15 is 0 Å². The monoisotopic (exact) mass is 542 g/mol. The predicted molar refractivity (Wildman–Crippen MR) is 146 cm³/mol. The number of rotatable bonds is 4. The minimum absolute atomic E-state index is 0.0242. The molecule has 0 radical (unpaired) electrons. The molecule has 1 aliphatic heterocycles. The number of ether oxygens (including phenoxy) is 1. The van der Waals surface area contributed by atoms with Crippen LogP contribution in [-0.4, -0.2) is 59.5 Å². The maximum Gasteiger partial charge on any atom is 0.335 e. The molecule has 8 heteroatoms. The van der Waals surface area contributed by atoms with E-state index in [0.717, 1.165) is 25.7 Å². The van der Waals surface area contributed by atoms with E-state index in [1.807, 2.05) is 6.07 Å². The van der Waals surface area contributed by atoms with Gasteiger partial charge in [0.25, 0.3) is 0 Å². The normalized spacial score (nSPS) is 47.7. The van der Waals surface area contributed by atoms with Crippen molar-refractivity contribution in [2.24, 2.45) is 33.8 Å². The first kappa shape index (κ1) is 27.6. The summed E-state index contributed by atoms with van der Waals surface area (Å²) >= 11 is 0. The number of aliphatic hydroxyl groups excluding tert-OH is 2. The highest BCUT2D eigenvalue weighted by molar-refractivity contribution is 5.30. The van der Waals surface area contributed by atoms with Gasteiger partial charge in [-0.15, -0.1) is 0 Å². The Kier molecular flexibility index (Phi) is 6.92. The Morgan fingerprint density at radius 2 is 1.77 bits per heavy atom. The van der Waals surface area contributed by atoms with Crippen molar-refractivity contribution in [3.63, 3.8) is 0 Å². The minimum Gasteiger partial charge on any atom is -0.431 e. The first-order chi connectivity index (χ1) is 18.5. The molecule has 2 heterocycles. The third-order valence-corrected chi connectivity index (χ3v) is 12.4. The van der Waals surface area contributed by atoms with Crippen molar-refractivity contribution in [2.75, 3.05) is 13.7 Å². The minimum atomic E-state index is -1.12. The lowest BCUT2D eigenvalue weighted by Gasteiger charge is -2.63. The number of hydrogen-bond acceptors (Lipinski definition) is 8. The van der Waals surface area contributed by atoms with E-state index in [-0.39, 0.29) is 34.5 Å². The number of nitrogens with zero attached hydrogens (tertiary/aromatic N) is 1.